The highest BCUT2D eigenvalue weighted by Crippen LogP contribution is 2.50. The smallest absolute Gasteiger partial charge is 0.431 e. The molecule has 36 heavy (non-hydrogen) atoms. The van der Waals surface area contributed by atoms with Gasteiger partial charge in [-0.3, -0.25) is 0 Å². The van der Waals surface area contributed by atoms with Crippen LogP contribution in [0.25, 0.3) is 0 Å². The molecule has 0 heterocycles. The van der Waals surface area contributed by atoms with Gasteiger partial charge in [0.1, 0.15) is 12.2 Å². The second-order valence-electron chi connectivity index (χ2n) is 14.1. The summed E-state index contributed by atoms with van der Waals surface area (Å²) in [5.74, 6) is 2.72. The highest BCUT2D eigenvalue weighted by atomic mass is 16.7. The van der Waals surface area contributed by atoms with Crippen LogP contribution in [0.2, 0.25) is 0 Å². The minimum absolute atomic E-state index is 0.00495. The average molecular weight is 507 g/mol. The van der Waals surface area contributed by atoms with Crippen molar-refractivity contribution in [2.24, 2.45) is 34.5 Å². The third-order valence-electron chi connectivity index (χ3n) is 11.5. The van der Waals surface area contributed by atoms with Gasteiger partial charge in [-0.25, -0.2) is 4.79 Å². The van der Waals surface area contributed by atoms with E-state index in [1.54, 1.807) is 0 Å². The Morgan fingerprint density at radius 3 is 1.03 bits per heavy atom. The summed E-state index contributed by atoms with van der Waals surface area (Å²) in [5, 5.41) is 19.8. The molecular formula is C31H54O5. The zero-order valence-corrected chi connectivity index (χ0v) is 23.6. The van der Waals surface area contributed by atoms with E-state index in [1.165, 1.54) is 0 Å². The monoisotopic (exact) mass is 506 g/mol. The van der Waals surface area contributed by atoms with E-state index in [0.29, 0.717) is 23.7 Å². The molecule has 0 aromatic rings. The predicted octanol–water partition coefficient (Wildman–Crippen LogP) is 7.41. The van der Waals surface area contributed by atoms with Crippen LogP contribution >= 0.6 is 0 Å². The lowest BCUT2D eigenvalue weighted by atomic mass is 9.60. The zero-order valence-electron chi connectivity index (χ0n) is 23.6. The number of ether oxygens (including phenoxy) is 2. The number of carbonyl (C=O) groups excluding carboxylic acids is 1. The minimum atomic E-state index is -0.456. The number of aliphatic hydroxyl groups is 2. The number of carbonyl (C=O) groups is 1. The molecule has 4 fully saturated rings. The molecule has 0 radical (unpaired) electrons. The van der Waals surface area contributed by atoms with Gasteiger partial charge in [0, 0.05) is 0 Å². The van der Waals surface area contributed by atoms with E-state index in [1.807, 2.05) is 0 Å². The maximum atomic E-state index is 12.6. The number of rotatable bonds is 6. The third-order valence-corrected chi connectivity index (χ3v) is 11.5. The standard InChI is InChI=1S/C31H54O5/c1-30(2,21-5-13-25(32)14-6-21)23-9-17-27(18-10-23)35-29(34)36-28-19-11-24(12-20-28)31(3,4)22-7-15-26(33)16-8-22/h21-28,32-33H,5-20H2,1-4H3. The summed E-state index contributed by atoms with van der Waals surface area (Å²) in [5.41, 5.74) is 0.574. The van der Waals surface area contributed by atoms with E-state index in [2.05, 4.69) is 27.7 Å². The maximum Gasteiger partial charge on any atom is 0.508 e. The predicted molar refractivity (Wildman–Crippen MR) is 143 cm³/mol. The van der Waals surface area contributed by atoms with Crippen molar-refractivity contribution in [2.75, 3.05) is 0 Å². The second-order valence-corrected chi connectivity index (χ2v) is 14.1. The summed E-state index contributed by atoms with van der Waals surface area (Å²) < 4.78 is 11.6. The topological polar surface area (TPSA) is 76.0 Å². The van der Waals surface area contributed by atoms with Crippen LogP contribution in [0.4, 0.5) is 4.79 Å². The summed E-state index contributed by atoms with van der Waals surface area (Å²) in [6, 6.07) is 0. The van der Waals surface area contributed by atoms with Gasteiger partial charge >= 0.3 is 6.16 Å². The molecule has 0 unspecified atom stereocenters. The first-order valence-electron chi connectivity index (χ1n) is 15.3. The van der Waals surface area contributed by atoms with Gasteiger partial charge in [-0.05, 0) is 137 Å². The van der Waals surface area contributed by atoms with Crippen LogP contribution in [0.5, 0.6) is 0 Å². The lowest BCUT2D eigenvalue weighted by Crippen LogP contribution is -2.40. The molecule has 0 spiro atoms. The normalized spacial score (nSPS) is 38.8. The molecule has 0 amide bonds. The number of hydrogen-bond acceptors (Lipinski definition) is 5. The molecule has 4 rings (SSSR count). The number of hydrogen-bond donors (Lipinski definition) is 2. The molecule has 0 bridgehead atoms. The van der Waals surface area contributed by atoms with Gasteiger partial charge in [0.25, 0.3) is 0 Å². The fourth-order valence-electron chi connectivity index (χ4n) is 8.46. The van der Waals surface area contributed by atoms with Crippen LogP contribution in [-0.4, -0.2) is 40.8 Å². The highest BCUT2D eigenvalue weighted by Gasteiger charge is 2.42. The van der Waals surface area contributed by atoms with Gasteiger partial charge in [0.15, 0.2) is 0 Å². The molecule has 5 heteroatoms. The van der Waals surface area contributed by atoms with E-state index < -0.39 is 6.16 Å². The summed E-state index contributed by atoms with van der Waals surface area (Å²) in [6.45, 7) is 9.69. The van der Waals surface area contributed by atoms with Crippen LogP contribution in [0, 0.1) is 34.5 Å². The van der Waals surface area contributed by atoms with E-state index in [9.17, 15) is 15.0 Å². The van der Waals surface area contributed by atoms with Crippen molar-refractivity contribution >= 4 is 6.16 Å². The summed E-state index contributed by atoms with van der Waals surface area (Å²) in [4.78, 5) is 12.6. The molecule has 0 aromatic carbocycles. The largest absolute Gasteiger partial charge is 0.508 e. The highest BCUT2D eigenvalue weighted by molar-refractivity contribution is 5.60. The first-order chi connectivity index (χ1) is 17.1. The zero-order chi connectivity index (χ0) is 25.9. The van der Waals surface area contributed by atoms with Crippen LogP contribution < -0.4 is 0 Å². The van der Waals surface area contributed by atoms with Gasteiger partial charge in [-0.15, -0.1) is 0 Å². The Morgan fingerprint density at radius 2 is 0.750 bits per heavy atom. The van der Waals surface area contributed by atoms with Crippen LogP contribution in [-0.2, 0) is 9.47 Å². The Labute approximate surface area is 220 Å². The molecular weight excluding hydrogens is 452 g/mol. The first-order valence-corrected chi connectivity index (χ1v) is 15.3. The van der Waals surface area contributed by atoms with Gasteiger partial charge in [-0.1, -0.05) is 27.7 Å². The summed E-state index contributed by atoms with van der Waals surface area (Å²) in [6.07, 6.45) is 15.9. The molecule has 0 atom stereocenters. The van der Waals surface area contributed by atoms with E-state index in [4.69, 9.17) is 9.47 Å². The van der Waals surface area contributed by atoms with Crippen molar-refractivity contribution in [1.82, 2.24) is 0 Å². The van der Waals surface area contributed by atoms with Crippen molar-refractivity contribution in [1.29, 1.82) is 0 Å². The molecule has 208 valence electrons. The average Bonchev–Trinajstić information content (AvgIpc) is 2.85. The van der Waals surface area contributed by atoms with Gasteiger partial charge < -0.3 is 19.7 Å². The lowest BCUT2D eigenvalue weighted by Gasteiger charge is -2.46. The van der Waals surface area contributed by atoms with E-state index in [0.717, 1.165) is 103 Å². The Morgan fingerprint density at radius 1 is 0.500 bits per heavy atom. The van der Waals surface area contributed by atoms with Crippen molar-refractivity contribution in [2.45, 2.75) is 155 Å². The van der Waals surface area contributed by atoms with E-state index >= 15 is 0 Å². The molecule has 2 N–H and O–H groups in total. The van der Waals surface area contributed by atoms with Crippen molar-refractivity contribution in [3.05, 3.63) is 0 Å². The van der Waals surface area contributed by atoms with Crippen molar-refractivity contribution in [3.63, 3.8) is 0 Å². The summed E-state index contributed by atoms with van der Waals surface area (Å²) in [7, 11) is 0. The molecule has 0 aliphatic heterocycles. The third kappa shape index (κ3) is 6.79. The Bertz CT molecular complexity index is 628. The van der Waals surface area contributed by atoms with E-state index in [-0.39, 0.29) is 35.2 Å². The van der Waals surface area contributed by atoms with Crippen molar-refractivity contribution < 1.29 is 24.5 Å². The molecule has 5 nitrogen and oxygen atoms in total. The van der Waals surface area contributed by atoms with Crippen LogP contribution in [0.15, 0.2) is 0 Å². The quantitative estimate of drug-likeness (QED) is 0.367. The molecule has 0 saturated heterocycles. The Kier molecular flexibility index (Phi) is 9.35. The maximum absolute atomic E-state index is 12.6. The van der Waals surface area contributed by atoms with Gasteiger partial charge in [-0.2, -0.15) is 0 Å². The fourth-order valence-corrected chi connectivity index (χ4v) is 8.46. The van der Waals surface area contributed by atoms with Crippen LogP contribution in [0.1, 0.15) is 130 Å². The molecule has 4 aliphatic carbocycles. The minimum Gasteiger partial charge on any atom is -0.431 e. The Balaban J connectivity index is 1.16. The molecule has 0 aromatic heterocycles. The van der Waals surface area contributed by atoms with Gasteiger partial charge in [0.05, 0.1) is 12.2 Å². The molecule has 4 aliphatic rings. The molecule has 4 saturated carbocycles. The Hall–Kier alpha value is -0.810. The first kappa shape index (κ1) is 28.2. The van der Waals surface area contributed by atoms with Crippen LogP contribution in [0.3, 0.4) is 0 Å². The second kappa shape index (κ2) is 11.9. The van der Waals surface area contributed by atoms with Gasteiger partial charge in [0.2, 0.25) is 0 Å². The number of aliphatic hydroxyl groups excluding tert-OH is 2. The SMILES string of the molecule is CC(C)(C1CCC(O)CC1)C1CCC(OC(=O)OC2CCC(C(C)(C)C3CCC(O)CC3)CC2)CC1. The lowest BCUT2D eigenvalue weighted by molar-refractivity contribution is -0.0473. The summed E-state index contributed by atoms with van der Waals surface area (Å²) >= 11 is 0. The fraction of sp³-hybridized carbons (Fsp3) is 0.968. The van der Waals surface area contributed by atoms with Crippen molar-refractivity contribution in [3.8, 4) is 0 Å².